The maximum absolute atomic E-state index is 10.7. The van der Waals surface area contributed by atoms with E-state index in [0.717, 1.165) is 31.9 Å². The summed E-state index contributed by atoms with van der Waals surface area (Å²) >= 11 is 6.06. The number of nitro groups is 1. The Morgan fingerprint density at radius 1 is 1.41 bits per heavy atom. The van der Waals surface area contributed by atoms with Crippen molar-refractivity contribution in [2.75, 3.05) is 36.8 Å². The van der Waals surface area contributed by atoms with Gasteiger partial charge in [0.2, 0.25) is 0 Å². The van der Waals surface area contributed by atoms with Gasteiger partial charge in [0.05, 0.1) is 15.6 Å². The Hall–Kier alpha value is -1.53. The van der Waals surface area contributed by atoms with Crippen LogP contribution in [-0.4, -0.2) is 31.1 Å². The highest BCUT2D eigenvalue weighted by molar-refractivity contribution is 6.33. The van der Waals surface area contributed by atoms with Gasteiger partial charge in [0.15, 0.2) is 0 Å². The van der Waals surface area contributed by atoms with Gasteiger partial charge in [-0.1, -0.05) is 11.6 Å². The van der Waals surface area contributed by atoms with E-state index in [-0.39, 0.29) is 11.4 Å². The summed E-state index contributed by atoms with van der Waals surface area (Å²) in [6.07, 6.45) is 0. The van der Waals surface area contributed by atoms with E-state index >= 15 is 0 Å². The molecule has 0 saturated carbocycles. The molecule has 92 valence electrons. The number of anilines is 2. The van der Waals surface area contributed by atoms with Gasteiger partial charge in [-0.05, 0) is 6.07 Å². The number of nitro benzene ring substituents is 1. The van der Waals surface area contributed by atoms with Gasteiger partial charge in [-0.15, -0.1) is 0 Å². The van der Waals surface area contributed by atoms with E-state index in [9.17, 15) is 10.1 Å². The number of nitrogens with one attached hydrogen (secondary N) is 1. The van der Waals surface area contributed by atoms with Crippen molar-refractivity contribution in [2.24, 2.45) is 0 Å². The van der Waals surface area contributed by atoms with E-state index in [1.165, 1.54) is 6.07 Å². The van der Waals surface area contributed by atoms with Crippen LogP contribution in [0.15, 0.2) is 12.1 Å². The number of rotatable bonds is 2. The second kappa shape index (κ2) is 4.77. The van der Waals surface area contributed by atoms with Crippen molar-refractivity contribution in [1.82, 2.24) is 5.32 Å². The molecule has 7 heteroatoms. The number of hydrogen-bond acceptors (Lipinski definition) is 5. The van der Waals surface area contributed by atoms with Crippen LogP contribution in [0.1, 0.15) is 0 Å². The Bertz CT molecular complexity index is 446. The largest absolute Gasteiger partial charge is 0.393 e. The molecule has 1 aromatic rings. The van der Waals surface area contributed by atoms with E-state index in [1.807, 2.05) is 0 Å². The number of nitrogens with two attached hydrogens (primary N) is 1. The summed E-state index contributed by atoms with van der Waals surface area (Å²) < 4.78 is 0. The van der Waals surface area contributed by atoms with Gasteiger partial charge in [-0.25, -0.2) is 0 Å². The lowest BCUT2D eigenvalue weighted by molar-refractivity contribution is -0.383. The molecule has 1 fully saturated rings. The number of benzene rings is 1. The van der Waals surface area contributed by atoms with Crippen molar-refractivity contribution in [3.63, 3.8) is 0 Å². The lowest BCUT2D eigenvalue weighted by Gasteiger charge is -2.30. The molecule has 0 aromatic heterocycles. The smallest absolute Gasteiger partial charge is 0.293 e. The molecule has 6 nitrogen and oxygen atoms in total. The third-order valence-electron chi connectivity index (χ3n) is 2.75. The van der Waals surface area contributed by atoms with Crippen molar-refractivity contribution < 1.29 is 4.92 Å². The molecule has 17 heavy (non-hydrogen) atoms. The monoisotopic (exact) mass is 256 g/mol. The molecule has 3 N–H and O–H groups in total. The van der Waals surface area contributed by atoms with E-state index in [1.54, 1.807) is 6.07 Å². The number of piperazine rings is 1. The third-order valence-corrected chi connectivity index (χ3v) is 3.05. The molecule has 1 saturated heterocycles. The molecule has 1 aromatic carbocycles. The summed E-state index contributed by atoms with van der Waals surface area (Å²) in [5.41, 5.74) is 6.42. The van der Waals surface area contributed by atoms with Gasteiger partial charge in [0, 0.05) is 32.2 Å². The molecule has 0 amide bonds. The second-order valence-corrected chi connectivity index (χ2v) is 4.26. The zero-order valence-corrected chi connectivity index (χ0v) is 9.91. The Morgan fingerprint density at radius 2 is 2.06 bits per heavy atom. The summed E-state index contributed by atoms with van der Waals surface area (Å²) in [6, 6.07) is 2.89. The molecular formula is C10H13ClN4O2. The normalized spacial score (nSPS) is 15.9. The van der Waals surface area contributed by atoms with Crippen molar-refractivity contribution in [1.29, 1.82) is 0 Å². The zero-order chi connectivity index (χ0) is 12.4. The minimum atomic E-state index is -0.525. The Morgan fingerprint density at radius 3 is 2.65 bits per heavy atom. The van der Waals surface area contributed by atoms with E-state index in [4.69, 9.17) is 17.3 Å². The van der Waals surface area contributed by atoms with Gasteiger partial charge in [-0.3, -0.25) is 10.1 Å². The summed E-state index contributed by atoms with van der Waals surface area (Å²) in [4.78, 5) is 12.2. The van der Waals surface area contributed by atoms with Gasteiger partial charge < -0.3 is 16.0 Å². The molecule has 1 aliphatic heterocycles. The fraction of sp³-hybridized carbons (Fsp3) is 0.400. The lowest BCUT2D eigenvalue weighted by Crippen LogP contribution is -2.43. The van der Waals surface area contributed by atoms with Gasteiger partial charge in [-0.2, -0.15) is 0 Å². The average Bonchev–Trinajstić information content (AvgIpc) is 2.32. The number of halogens is 1. The first kappa shape index (κ1) is 11.9. The molecule has 0 radical (unpaired) electrons. The van der Waals surface area contributed by atoms with Crippen LogP contribution in [0.4, 0.5) is 17.1 Å². The van der Waals surface area contributed by atoms with E-state index in [0.29, 0.717) is 5.02 Å². The fourth-order valence-corrected chi connectivity index (χ4v) is 2.15. The number of nitrogen functional groups attached to an aromatic ring is 1. The van der Waals surface area contributed by atoms with E-state index in [2.05, 4.69) is 10.2 Å². The minimum absolute atomic E-state index is 0.145. The lowest BCUT2D eigenvalue weighted by atomic mass is 10.2. The summed E-state index contributed by atoms with van der Waals surface area (Å²) in [7, 11) is 0. The SMILES string of the molecule is Nc1cc(N2CCNCC2)c(Cl)cc1[N+](=O)[O-]. The van der Waals surface area contributed by atoms with Crippen LogP contribution in [0.25, 0.3) is 0 Å². The minimum Gasteiger partial charge on any atom is -0.393 e. The van der Waals surface area contributed by atoms with Crippen LogP contribution < -0.4 is 16.0 Å². The second-order valence-electron chi connectivity index (χ2n) is 3.86. The van der Waals surface area contributed by atoms with E-state index < -0.39 is 4.92 Å². The number of nitrogens with zero attached hydrogens (tertiary/aromatic N) is 2. The Labute approximate surface area is 103 Å². The van der Waals surface area contributed by atoms with Crippen LogP contribution >= 0.6 is 11.6 Å². The van der Waals surface area contributed by atoms with Crippen LogP contribution in [0, 0.1) is 10.1 Å². The predicted octanol–water partition coefficient (Wildman–Crippen LogP) is 1.24. The van der Waals surface area contributed by atoms with Crippen molar-refractivity contribution >= 4 is 28.7 Å². The summed E-state index contributed by atoms with van der Waals surface area (Å²) in [5, 5.41) is 14.3. The van der Waals surface area contributed by atoms with Gasteiger partial charge in [0.25, 0.3) is 5.69 Å². The molecule has 0 unspecified atom stereocenters. The molecule has 1 heterocycles. The molecule has 0 spiro atoms. The van der Waals surface area contributed by atoms with Crippen LogP contribution in [0.2, 0.25) is 5.02 Å². The molecule has 0 aliphatic carbocycles. The van der Waals surface area contributed by atoms with Crippen molar-refractivity contribution in [2.45, 2.75) is 0 Å². The molecule has 1 aliphatic rings. The first-order chi connectivity index (χ1) is 8.09. The maximum Gasteiger partial charge on any atom is 0.293 e. The first-order valence-electron chi connectivity index (χ1n) is 5.28. The highest BCUT2D eigenvalue weighted by atomic mass is 35.5. The topological polar surface area (TPSA) is 84.4 Å². The summed E-state index contributed by atoms with van der Waals surface area (Å²) in [6.45, 7) is 3.37. The van der Waals surface area contributed by atoms with Gasteiger partial charge >= 0.3 is 0 Å². The predicted molar refractivity (Wildman–Crippen MR) is 67.6 cm³/mol. The molecule has 0 atom stereocenters. The Balaban J connectivity index is 2.35. The zero-order valence-electron chi connectivity index (χ0n) is 9.15. The average molecular weight is 257 g/mol. The molecule has 0 bridgehead atoms. The van der Waals surface area contributed by atoms with Crippen LogP contribution in [0.3, 0.4) is 0 Å². The van der Waals surface area contributed by atoms with Crippen molar-refractivity contribution in [3.8, 4) is 0 Å². The Kier molecular flexibility index (Phi) is 3.35. The highest BCUT2D eigenvalue weighted by Crippen LogP contribution is 2.34. The highest BCUT2D eigenvalue weighted by Gasteiger charge is 2.19. The first-order valence-corrected chi connectivity index (χ1v) is 5.66. The molecule has 2 rings (SSSR count). The standard InChI is InChI=1S/C10H13ClN4O2/c11-7-5-10(15(16)17)8(12)6-9(7)14-3-1-13-2-4-14/h5-6,13H,1-4,12H2. The fourth-order valence-electron chi connectivity index (χ4n) is 1.87. The van der Waals surface area contributed by atoms with Crippen LogP contribution in [-0.2, 0) is 0 Å². The molecular weight excluding hydrogens is 244 g/mol. The third kappa shape index (κ3) is 2.42. The summed E-state index contributed by atoms with van der Waals surface area (Å²) in [5.74, 6) is 0. The van der Waals surface area contributed by atoms with Crippen LogP contribution in [0.5, 0.6) is 0 Å². The maximum atomic E-state index is 10.7. The number of hydrogen-bond donors (Lipinski definition) is 2. The quantitative estimate of drug-likeness (QED) is 0.472. The van der Waals surface area contributed by atoms with Crippen molar-refractivity contribution in [3.05, 3.63) is 27.3 Å². The van der Waals surface area contributed by atoms with Gasteiger partial charge in [0.1, 0.15) is 5.69 Å².